The second-order valence-corrected chi connectivity index (χ2v) is 6.02. The number of nitrogens with zero attached hydrogens (tertiary/aromatic N) is 1. The minimum absolute atomic E-state index is 0.0636. The fraction of sp³-hybridized carbons (Fsp3) is 0.833. The summed E-state index contributed by atoms with van der Waals surface area (Å²) in [5, 5.41) is 12.1. The summed E-state index contributed by atoms with van der Waals surface area (Å²) in [7, 11) is 0. The average Bonchev–Trinajstić information content (AvgIpc) is 2.38. The van der Waals surface area contributed by atoms with Gasteiger partial charge in [0, 0.05) is 30.6 Å². The molecule has 0 bridgehead atoms. The molecule has 0 aliphatic carbocycles. The topological polar surface area (TPSA) is 69.6 Å². The third-order valence-corrected chi connectivity index (χ3v) is 4.53. The van der Waals surface area contributed by atoms with Crippen molar-refractivity contribution < 1.29 is 14.7 Å². The number of urea groups is 1. The number of rotatable bonds is 5. The van der Waals surface area contributed by atoms with E-state index < -0.39 is 11.9 Å². The summed E-state index contributed by atoms with van der Waals surface area (Å²) >= 11 is 1.92. The van der Waals surface area contributed by atoms with Gasteiger partial charge in [-0.25, -0.2) is 4.79 Å². The van der Waals surface area contributed by atoms with Crippen LogP contribution in [0.4, 0.5) is 4.79 Å². The molecule has 5 nitrogen and oxygen atoms in total. The standard InChI is InChI=1S/C12H22N2O3S/c1-3-10-8-14(6-7-18-10)12(17)13-5-4-9(2)11(15)16/h9-10H,3-8H2,1-2H3,(H,13,17)(H,15,16). The van der Waals surface area contributed by atoms with Gasteiger partial charge in [-0.1, -0.05) is 13.8 Å². The van der Waals surface area contributed by atoms with Crippen LogP contribution in [0.25, 0.3) is 0 Å². The highest BCUT2D eigenvalue weighted by atomic mass is 32.2. The van der Waals surface area contributed by atoms with Crippen LogP contribution in [0.2, 0.25) is 0 Å². The van der Waals surface area contributed by atoms with Crippen LogP contribution in [-0.2, 0) is 4.79 Å². The van der Waals surface area contributed by atoms with Gasteiger partial charge in [-0.3, -0.25) is 4.79 Å². The molecule has 2 unspecified atom stereocenters. The van der Waals surface area contributed by atoms with E-state index in [4.69, 9.17) is 5.11 Å². The zero-order chi connectivity index (χ0) is 13.5. The molecule has 0 spiro atoms. The predicted octanol–water partition coefficient (Wildman–Crippen LogP) is 1.63. The summed E-state index contributed by atoms with van der Waals surface area (Å²) in [6.07, 6.45) is 1.55. The molecule has 0 aromatic rings. The van der Waals surface area contributed by atoms with Gasteiger partial charge in [0.15, 0.2) is 0 Å². The van der Waals surface area contributed by atoms with E-state index in [1.807, 2.05) is 16.7 Å². The van der Waals surface area contributed by atoms with Gasteiger partial charge in [0.05, 0.1) is 5.92 Å². The van der Waals surface area contributed by atoms with E-state index in [9.17, 15) is 9.59 Å². The Bertz CT molecular complexity index is 299. The number of carbonyl (C=O) groups excluding carboxylic acids is 1. The first kappa shape index (κ1) is 15.1. The van der Waals surface area contributed by atoms with Crippen molar-refractivity contribution in [2.45, 2.75) is 31.9 Å². The number of hydrogen-bond donors (Lipinski definition) is 2. The number of amides is 2. The number of carboxylic acids is 1. The molecule has 0 aromatic heterocycles. The number of thioether (sulfide) groups is 1. The minimum Gasteiger partial charge on any atom is -0.481 e. The number of carbonyl (C=O) groups is 2. The van der Waals surface area contributed by atoms with Crippen LogP contribution < -0.4 is 5.32 Å². The first-order valence-electron chi connectivity index (χ1n) is 6.41. The lowest BCUT2D eigenvalue weighted by Crippen LogP contribution is -2.47. The Balaban J connectivity index is 2.26. The highest BCUT2D eigenvalue weighted by molar-refractivity contribution is 8.00. The predicted molar refractivity (Wildman–Crippen MR) is 72.9 cm³/mol. The molecule has 2 atom stereocenters. The van der Waals surface area contributed by atoms with Crippen LogP contribution in [0.5, 0.6) is 0 Å². The average molecular weight is 274 g/mol. The summed E-state index contributed by atoms with van der Waals surface area (Å²) in [4.78, 5) is 24.3. The van der Waals surface area contributed by atoms with Crippen molar-refractivity contribution in [3.63, 3.8) is 0 Å². The molecule has 0 saturated carbocycles. The molecule has 104 valence electrons. The lowest BCUT2D eigenvalue weighted by Gasteiger charge is -2.32. The summed E-state index contributed by atoms with van der Waals surface area (Å²) < 4.78 is 0. The van der Waals surface area contributed by atoms with Gasteiger partial charge < -0.3 is 15.3 Å². The highest BCUT2D eigenvalue weighted by Crippen LogP contribution is 2.20. The highest BCUT2D eigenvalue weighted by Gasteiger charge is 2.22. The number of hydrogen-bond acceptors (Lipinski definition) is 3. The SMILES string of the molecule is CCC1CN(C(=O)NCCC(C)C(=O)O)CCS1. The molecule has 0 aromatic carbocycles. The summed E-state index contributed by atoms with van der Waals surface area (Å²) in [5.41, 5.74) is 0. The molecule has 2 amide bonds. The summed E-state index contributed by atoms with van der Waals surface area (Å²) in [6.45, 7) is 5.78. The minimum atomic E-state index is -0.815. The van der Waals surface area contributed by atoms with Gasteiger partial charge >= 0.3 is 12.0 Å². The van der Waals surface area contributed by atoms with Crippen LogP contribution >= 0.6 is 11.8 Å². The number of aliphatic carboxylic acids is 1. The number of nitrogens with one attached hydrogen (secondary N) is 1. The zero-order valence-corrected chi connectivity index (χ0v) is 11.8. The Labute approximate surface area is 112 Å². The van der Waals surface area contributed by atoms with Gasteiger partial charge in [0.1, 0.15) is 0 Å². The molecular weight excluding hydrogens is 252 g/mol. The molecule has 1 fully saturated rings. The van der Waals surface area contributed by atoms with Gasteiger partial charge in [0.25, 0.3) is 0 Å². The molecule has 1 aliphatic heterocycles. The van der Waals surface area contributed by atoms with Crippen molar-refractivity contribution in [1.29, 1.82) is 0 Å². The molecule has 1 heterocycles. The first-order valence-corrected chi connectivity index (χ1v) is 7.46. The normalized spacial score (nSPS) is 21.4. The molecule has 1 aliphatic rings. The molecule has 0 radical (unpaired) electrons. The quantitative estimate of drug-likeness (QED) is 0.799. The van der Waals surface area contributed by atoms with Crippen molar-refractivity contribution >= 4 is 23.8 Å². The van der Waals surface area contributed by atoms with Gasteiger partial charge in [-0.2, -0.15) is 11.8 Å². The third-order valence-electron chi connectivity index (χ3n) is 3.16. The zero-order valence-electron chi connectivity index (χ0n) is 11.0. The van der Waals surface area contributed by atoms with E-state index >= 15 is 0 Å². The third kappa shape index (κ3) is 4.76. The smallest absolute Gasteiger partial charge is 0.317 e. The lowest BCUT2D eigenvalue weighted by atomic mass is 10.1. The second-order valence-electron chi connectivity index (χ2n) is 4.61. The molecule has 6 heteroatoms. The van der Waals surface area contributed by atoms with Crippen molar-refractivity contribution in [1.82, 2.24) is 10.2 Å². The molecular formula is C12H22N2O3S. The maximum absolute atomic E-state index is 11.9. The second kappa shape index (κ2) is 7.51. The van der Waals surface area contributed by atoms with Crippen LogP contribution in [0, 0.1) is 5.92 Å². The van der Waals surface area contributed by atoms with Crippen molar-refractivity contribution in [2.75, 3.05) is 25.4 Å². The fourth-order valence-electron chi connectivity index (χ4n) is 1.78. The molecule has 1 saturated heterocycles. The van der Waals surface area contributed by atoms with Crippen molar-refractivity contribution in [3.05, 3.63) is 0 Å². The molecule has 18 heavy (non-hydrogen) atoms. The Kier molecular flexibility index (Phi) is 6.32. The van der Waals surface area contributed by atoms with E-state index in [1.165, 1.54) is 0 Å². The van der Waals surface area contributed by atoms with Crippen LogP contribution in [0.1, 0.15) is 26.7 Å². The van der Waals surface area contributed by atoms with E-state index in [0.717, 1.165) is 25.3 Å². The Morgan fingerprint density at radius 2 is 2.28 bits per heavy atom. The van der Waals surface area contributed by atoms with Crippen LogP contribution in [0.3, 0.4) is 0 Å². The summed E-state index contributed by atoms with van der Waals surface area (Å²) in [5.74, 6) is -0.243. The lowest BCUT2D eigenvalue weighted by molar-refractivity contribution is -0.141. The van der Waals surface area contributed by atoms with Crippen molar-refractivity contribution in [2.24, 2.45) is 5.92 Å². The maximum atomic E-state index is 11.9. The van der Waals surface area contributed by atoms with E-state index in [-0.39, 0.29) is 6.03 Å². The van der Waals surface area contributed by atoms with E-state index in [0.29, 0.717) is 18.2 Å². The maximum Gasteiger partial charge on any atom is 0.317 e. The van der Waals surface area contributed by atoms with Gasteiger partial charge in [-0.05, 0) is 12.8 Å². The molecule has 2 N–H and O–H groups in total. The summed E-state index contributed by atoms with van der Waals surface area (Å²) in [6, 6.07) is -0.0636. The Morgan fingerprint density at radius 3 is 2.89 bits per heavy atom. The first-order chi connectivity index (χ1) is 8.54. The van der Waals surface area contributed by atoms with Gasteiger partial charge in [0.2, 0.25) is 0 Å². The van der Waals surface area contributed by atoms with Crippen LogP contribution in [0.15, 0.2) is 0 Å². The van der Waals surface area contributed by atoms with E-state index in [2.05, 4.69) is 12.2 Å². The Morgan fingerprint density at radius 1 is 1.56 bits per heavy atom. The molecule has 1 rings (SSSR count). The van der Waals surface area contributed by atoms with E-state index in [1.54, 1.807) is 6.92 Å². The van der Waals surface area contributed by atoms with Gasteiger partial charge in [-0.15, -0.1) is 0 Å². The fourth-order valence-corrected chi connectivity index (χ4v) is 2.96. The number of carboxylic acid groups (broad SMARTS) is 1. The van der Waals surface area contributed by atoms with Crippen LogP contribution in [-0.4, -0.2) is 52.6 Å². The Hall–Kier alpha value is -0.910. The largest absolute Gasteiger partial charge is 0.481 e. The monoisotopic (exact) mass is 274 g/mol. The van der Waals surface area contributed by atoms with Crippen molar-refractivity contribution in [3.8, 4) is 0 Å².